The van der Waals surface area contributed by atoms with E-state index in [4.69, 9.17) is 11.6 Å². The van der Waals surface area contributed by atoms with E-state index in [0.717, 1.165) is 6.26 Å². The molecule has 0 aliphatic carbocycles. The molecule has 0 aliphatic rings. The zero-order valence-electron chi connectivity index (χ0n) is 11.9. The number of carbonyl (C=O) groups is 2. The Labute approximate surface area is 128 Å². The molecule has 0 fully saturated rings. The molecule has 21 heavy (non-hydrogen) atoms. The minimum Gasteiger partial charge on any atom is -0.352 e. The van der Waals surface area contributed by atoms with Crippen molar-refractivity contribution >= 4 is 33.3 Å². The van der Waals surface area contributed by atoms with Crippen molar-refractivity contribution in [3.63, 3.8) is 0 Å². The summed E-state index contributed by atoms with van der Waals surface area (Å²) in [5, 5.41) is 5.13. The van der Waals surface area contributed by atoms with E-state index in [-0.39, 0.29) is 34.0 Å². The zero-order valence-corrected chi connectivity index (χ0v) is 13.5. The van der Waals surface area contributed by atoms with Gasteiger partial charge in [-0.25, -0.2) is 8.42 Å². The predicted molar refractivity (Wildman–Crippen MR) is 80.2 cm³/mol. The van der Waals surface area contributed by atoms with Gasteiger partial charge in [-0.3, -0.25) is 9.59 Å². The third kappa shape index (κ3) is 5.35. The van der Waals surface area contributed by atoms with Gasteiger partial charge in [0.15, 0.2) is 9.84 Å². The summed E-state index contributed by atoms with van der Waals surface area (Å²) in [4.78, 5) is 23.4. The Hall–Kier alpha value is -1.60. The zero-order chi connectivity index (χ0) is 16.2. The highest BCUT2D eigenvalue weighted by atomic mass is 35.5. The lowest BCUT2D eigenvalue weighted by atomic mass is 10.2. The normalized spacial score (nSPS) is 11.3. The second-order valence-electron chi connectivity index (χ2n) is 4.82. The van der Waals surface area contributed by atoms with Crippen molar-refractivity contribution in [2.75, 3.05) is 12.8 Å². The van der Waals surface area contributed by atoms with E-state index in [9.17, 15) is 18.0 Å². The predicted octanol–water partition coefficient (Wildman–Crippen LogP) is 0.998. The lowest BCUT2D eigenvalue weighted by Crippen LogP contribution is -2.39. The van der Waals surface area contributed by atoms with E-state index in [2.05, 4.69) is 10.6 Å². The molecule has 0 spiro atoms. The van der Waals surface area contributed by atoms with Gasteiger partial charge in [-0.2, -0.15) is 0 Å². The van der Waals surface area contributed by atoms with Crippen LogP contribution in [0.2, 0.25) is 5.02 Å². The van der Waals surface area contributed by atoms with Gasteiger partial charge < -0.3 is 10.6 Å². The van der Waals surface area contributed by atoms with Crippen molar-refractivity contribution < 1.29 is 18.0 Å². The van der Waals surface area contributed by atoms with Crippen LogP contribution in [0.3, 0.4) is 0 Å². The number of sulfone groups is 1. The molecule has 1 aromatic carbocycles. The molecular formula is C13H17ClN2O4S. The van der Waals surface area contributed by atoms with E-state index in [1.54, 1.807) is 13.8 Å². The van der Waals surface area contributed by atoms with Crippen LogP contribution < -0.4 is 10.6 Å². The summed E-state index contributed by atoms with van der Waals surface area (Å²) < 4.78 is 22.9. The monoisotopic (exact) mass is 332 g/mol. The molecular weight excluding hydrogens is 316 g/mol. The van der Waals surface area contributed by atoms with Gasteiger partial charge in [0, 0.05) is 12.3 Å². The molecule has 0 bridgehead atoms. The molecule has 6 nitrogen and oxygen atoms in total. The van der Waals surface area contributed by atoms with E-state index >= 15 is 0 Å². The number of hydrogen-bond donors (Lipinski definition) is 2. The van der Waals surface area contributed by atoms with Crippen molar-refractivity contribution in [3.8, 4) is 0 Å². The van der Waals surface area contributed by atoms with Gasteiger partial charge in [0.2, 0.25) is 5.91 Å². The molecule has 0 radical (unpaired) electrons. The third-order valence-electron chi connectivity index (χ3n) is 2.47. The average molecular weight is 333 g/mol. The Kier molecular flexibility index (Phi) is 5.74. The quantitative estimate of drug-likeness (QED) is 0.841. The second-order valence-corrected chi connectivity index (χ2v) is 7.24. The van der Waals surface area contributed by atoms with Crippen molar-refractivity contribution in [1.29, 1.82) is 0 Å². The Morgan fingerprint density at radius 1 is 1.29 bits per heavy atom. The van der Waals surface area contributed by atoms with Gasteiger partial charge in [0.25, 0.3) is 5.91 Å². The highest BCUT2D eigenvalue weighted by Crippen LogP contribution is 2.20. The number of nitrogens with one attached hydrogen (secondary N) is 2. The molecule has 0 unspecified atom stereocenters. The molecule has 0 aromatic heterocycles. The molecule has 0 heterocycles. The van der Waals surface area contributed by atoms with E-state index in [1.807, 2.05) is 0 Å². The number of carbonyl (C=O) groups excluding carboxylic acids is 2. The van der Waals surface area contributed by atoms with Crippen molar-refractivity contribution in [2.45, 2.75) is 24.8 Å². The van der Waals surface area contributed by atoms with Gasteiger partial charge in [0.05, 0.1) is 22.0 Å². The number of rotatable bonds is 5. The standard InChI is InChI=1S/C13H17ClN2O4S/c1-8(2)16-12(17)7-15-13(18)10-6-9(21(3,19)20)4-5-11(10)14/h4-6,8H,7H2,1-3H3,(H,15,18)(H,16,17). The summed E-state index contributed by atoms with van der Waals surface area (Å²) in [6.07, 6.45) is 1.04. The average Bonchev–Trinajstić information content (AvgIpc) is 2.34. The van der Waals surface area contributed by atoms with Crippen LogP contribution in [0, 0.1) is 0 Å². The molecule has 1 aromatic rings. The van der Waals surface area contributed by atoms with Gasteiger partial charge in [-0.15, -0.1) is 0 Å². The van der Waals surface area contributed by atoms with Crippen molar-refractivity contribution in [1.82, 2.24) is 10.6 Å². The fourth-order valence-corrected chi connectivity index (χ4v) is 2.39. The molecule has 0 saturated carbocycles. The summed E-state index contributed by atoms with van der Waals surface area (Å²) in [7, 11) is -3.44. The summed E-state index contributed by atoms with van der Waals surface area (Å²) >= 11 is 5.88. The minimum absolute atomic E-state index is 0.0105. The molecule has 0 saturated heterocycles. The maximum Gasteiger partial charge on any atom is 0.253 e. The van der Waals surface area contributed by atoms with Crippen LogP contribution >= 0.6 is 11.6 Å². The number of halogens is 1. The summed E-state index contributed by atoms with van der Waals surface area (Å²) in [6.45, 7) is 3.38. The highest BCUT2D eigenvalue weighted by molar-refractivity contribution is 7.90. The SMILES string of the molecule is CC(C)NC(=O)CNC(=O)c1cc(S(C)(=O)=O)ccc1Cl. The molecule has 8 heteroatoms. The maximum absolute atomic E-state index is 12.0. The van der Waals surface area contributed by atoms with Crippen LogP contribution in [0.5, 0.6) is 0 Å². The van der Waals surface area contributed by atoms with Crippen LogP contribution in [-0.4, -0.2) is 39.1 Å². The first-order valence-corrected chi connectivity index (χ1v) is 8.45. The van der Waals surface area contributed by atoms with E-state index in [1.165, 1.54) is 18.2 Å². The summed E-state index contributed by atoms with van der Waals surface area (Å²) in [5.74, 6) is -0.946. The largest absolute Gasteiger partial charge is 0.352 e. The van der Waals surface area contributed by atoms with E-state index in [0.29, 0.717) is 0 Å². The Morgan fingerprint density at radius 3 is 2.43 bits per heavy atom. The first kappa shape index (κ1) is 17.5. The van der Waals surface area contributed by atoms with Crippen molar-refractivity contribution in [2.24, 2.45) is 0 Å². The van der Waals surface area contributed by atoms with Crippen LogP contribution in [0.15, 0.2) is 23.1 Å². The van der Waals surface area contributed by atoms with Crippen LogP contribution in [0.4, 0.5) is 0 Å². The highest BCUT2D eigenvalue weighted by Gasteiger charge is 2.16. The van der Waals surface area contributed by atoms with Gasteiger partial charge in [0.1, 0.15) is 0 Å². The Balaban J connectivity index is 2.85. The van der Waals surface area contributed by atoms with E-state index < -0.39 is 15.7 Å². The fourth-order valence-electron chi connectivity index (χ4n) is 1.54. The lowest BCUT2D eigenvalue weighted by molar-refractivity contribution is -0.120. The molecule has 116 valence electrons. The topological polar surface area (TPSA) is 92.3 Å². The second kappa shape index (κ2) is 6.91. The first-order chi connectivity index (χ1) is 9.61. The van der Waals surface area contributed by atoms with Gasteiger partial charge >= 0.3 is 0 Å². The fraction of sp³-hybridized carbons (Fsp3) is 0.385. The Morgan fingerprint density at radius 2 is 1.90 bits per heavy atom. The first-order valence-electron chi connectivity index (χ1n) is 6.18. The van der Waals surface area contributed by atoms with Crippen molar-refractivity contribution in [3.05, 3.63) is 28.8 Å². The maximum atomic E-state index is 12.0. The molecule has 1 rings (SSSR count). The summed E-state index contributed by atoms with van der Waals surface area (Å²) in [6, 6.07) is 3.81. The molecule has 2 amide bonds. The third-order valence-corrected chi connectivity index (χ3v) is 3.91. The minimum atomic E-state index is -3.44. The lowest BCUT2D eigenvalue weighted by Gasteiger charge is -2.10. The van der Waals surface area contributed by atoms with Gasteiger partial charge in [-0.05, 0) is 32.0 Å². The van der Waals surface area contributed by atoms with Crippen LogP contribution in [0.1, 0.15) is 24.2 Å². The van der Waals surface area contributed by atoms with Crippen LogP contribution in [0.25, 0.3) is 0 Å². The molecule has 0 aliphatic heterocycles. The molecule has 2 N–H and O–H groups in total. The number of hydrogen-bond acceptors (Lipinski definition) is 4. The number of benzene rings is 1. The van der Waals surface area contributed by atoms with Crippen LogP contribution in [-0.2, 0) is 14.6 Å². The van der Waals surface area contributed by atoms with Gasteiger partial charge in [-0.1, -0.05) is 11.6 Å². The molecule has 0 atom stereocenters. The Bertz CT molecular complexity index is 656. The number of amides is 2. The smallest absolute Gasteiger partial charge is 0.253 e. The summed E-state index contributed by atoms with van der Waals surface area (Å²) in [5.41, 5.74) is 0.0111.